The number of nitrogens with one attached hydrogen (secondary N) is 1. The van der Waals surface area contributed by atoms with Gasteiger partial charge < -0.3 is 10.2 Å². The third kappa shape index (κ3) is 8.85. The van der Waals surface area contributed by atoms with Gasteiger partial charge in [0.2, 0.25) is 5.28 Å². The van der Waals surface area contributed by atoms with Crippen LogP contribution in [-0.4, -0.2) is 36.3 Å². The summed E-state index contributed by atoms with van der Waals surface area (Å²) >= 11 is 6.04. The molecule has 1 unspecified atom stereocenters. The molecule has 1 aliphatic heterocycles. The van der Waals surface area contributed by atoms with Gasteiger partial charge in [0.15, 0.2) is 20.7 Å². The van der Waals surface area contributed by atoms with Crippen molar-refractivity contribution in [3.05, 3.63) is 5.28 Å². The molecule has 0 aromatic carbocycles. The van der Waals surface area contributed by atoms with E-state index in [-0.39, 0.29) is 16.5 Å². The monoisotopic (exact) mass is 514 g/mol. The maximum Gasteiger partial charge on any atom is 0.225 e. The summed E-state index contributed by atoms with van der Waals surface area (Å²) in [5.41, 5.74) is 0.580. The molecule has 6 nitrogen and oxygen atoms in total. The van der Waals surface area contributed by atoms with Crippen molar-refractivity contribution >= 4 is 32.9 Å². The first-order valence-corrected chi connectivity index (χ1v) is 15.6. The summed E-state index contributed by atoms with van der Waals surface area (Å²) in [6, 6.07) is 0. The number of rotatable bonds is 18. The normalized spacial score (nSPS) is 15.7. The molecule has 0 bridgehead atoms. The van der Waals surface area contributed by atoms with Crippen molar-refractivity contribution in [1.82, 2.24) is 9.97 Å². The first-order valence-electron chi connectivity index (χ1n) is 13.6. The minimum Gasteiger partial charge on any atom is -0.348 e. The number of anilines is 2. The number of fused-ring (bicyclic) bond motifs is 1. The molecule has 196 valence electrons. The van der Waals surface area contributed by atoms with Crippen molar-refractivity contribution in [1.29, 1.82) is 0 Å². The first-order chi connectivity index (χ1) is 16.3. The fourth-order valence-corrected chi connectivity index (χ4v) is 5.98. The third-order valence-corrected chi connectivity index (χ3v) is 9.05. The lowest BCUT2D eigenvalue weighted by molar-refractivity contribution is 0.530. The number of hydrogen-bond acceptors (Lipinski definition) is 6. The summed E-state index contributed by atoms with van der Waals surface area (Å²) in [5, 5.41) is 2.72. The van der Waals surface area contributed by atoms with E-state index in [9.17, 15) is 8.42 Å². The van der Waals surface area contributed by atoms with E-state index in [4.69, 9.17) is 11.6 Å². The number of aromatic nitrogens is 2. The van der Waals surface area contributed by atoms with E-state index in [2.05, 4.69) is 27.1 Å². The second-order valence-corrected chi connectivity index (χ2v) is 12.8. The predicted molar refractivity (Wildman–Crippen MR) is 145 cm³/mol. The predicted octanol–water partition coefficient (Wildman–Crippen LogP) is 7.76. The average molecular weight is 515 g/mol. The summed E-state index contributed by atoms with van der Waals surface area (Å²) in [5.74, 6) is 0.521. The topological polar surface area (TPSA) is 75.2 Å². The van der Waals surface area contributed by atoms with Gasteiger partial charge in [-0.2, -0.15) is 4.98 Å². The maximum absolute atomic E-state index is 12.9. The van der Waals surface area contributed by atoms with Gasteiger partial charge in [0.05, 0.1) is 11.4 Å². The summed E-state index contributed by atoms with van der Waals surface area (Å²) in [6.45, 7) is 8.41. The first kappa shape index (κ1) is 29.2. The molecule has 1 N–H and O–H groups in total. The SMILES string of the molecule is CCCCCCCCCCCCCCCCCN1c2c(nc(Cl)nc2S(=O)(=O)C(C)C)NC1C. The Morgan fingerprint density at radius 3 is 1.79 bits per heavy atom. The molecule has 0 aliphatic carbocycles. The maximum atomic E-state index is 12.9. The Bertz CT molecular complexity index is 832. The van der Waals surface area contributed by atoms with Crippen LogP contribution in [0.2, 0.25) is 5.28 Å². The second kappa shape index (κ2) is 15.1. The fourth-order valence-electron chi connectivity index (χ4n) is 4.62. The molecule has 0 saturated heterocycles. The Morgan fingerprint density at radius 2 is 1.32 bits per heavy atom. The molecule has 0 radical (unpaired) electrons. The summed E-state index contributed by atoms with van der Waals surface area (Å²) in [7, 11) is -3.56. The van der Waals surface area contributed by atoms with Crippen LogP contribution in [-0.2, 0) is 9.84 Å². The van der Waals surface area contributed by atoms with Crippen LogP contribution in [0.15, 0.2) is 5.03 Å². The van der Waals surface area contributed by atoms with Crippen LogP contribution in [0.4, 0.5) is 11.5 Å². The number of nitrogens with zero attached hydrogens (tertiary/aromatic N) is 3. The van der Waals surface area contributed by atoms with Crippen molar-refractivity contribution in [2.75, 3.05) is 16.8 Å². The van der Waals surface area contributed by atoms with E-state index in [1.807, 2.05) is 6.92 Å². The summed E-state index contributed by atoms with van der Waals surface area (Å²) in [6.07, 6.45) is 19.9. The van der Waals surface area contributed by atoms with Crippen molar-refractivity contribution in [2.45, 2.75) is 140 Å². The van der Waals surface area contributed by atoms with Crippen LogP contribution in [0, 0.1) is 0 Å². The highest BCUT2D eigenvalue weighted by molar-refractivity contribution is 7.92. The highest BCUT2D eigenvalue weighted by Crippen LogP contribution is 2.39. The lowest BCUT2D eigenvalue weighted by Gasteiger charge is -2.25. The molecule has 0 saturated carbocycles. The molecule has 0 amide bonds. The third-order valence-electron chi connectivity index (χ3n) is 6.82. The van der Waals surface area contributed by atoms with Gasteiger partial charge in [-0.05, 0) is 38.8 Å². The number of unbranched alkanes of at least 4 members (excludes halogenated alkanes) is 14. The van der Waals surface area contributed by atoms with Crippen molar-refractivity contribution in [3.63, 3.8) is 0 Å². The van der Waals surface area contributed by atoms with Crippen molar-refractivity contribution < 1.29 is 8.42 Å². The molecule has 1 aromatic rings. The molecule has 2 heterocycles. The molecule has 2 rings (SSSR count). The Hall–Kier alpha value is -1.08. The van der Waals surface area contributed by atoms with Gasteiger partial charge in [-0.3, -0.25) is 0 Å². The van der Waals surface area contributed by atoms with Gasteiger partial charge in [0.1, 0.15) is 5.69 Å². The standard InChI is InChI=1S/C26H47ClN4O2S/c1-5-6-7-8-9-10-11-12-13-14-15-16-17-18-19-20-31-22(4)28-24-23(31)25(30-26(27)29-24)34(32,33)21(2)3/h21-22H,5-20H2,1-4H3,(H,28,29,30). The minimum atomic E-state index is -3.56. The molecule has 0 fully saturated rings. The lowest BCUT2D eigenvalue weighted by Crippen LogP contribution is -2.34. The Kier molecular flexibility index (Phi) is 13.0. The van der Waals surface area contributed by atoms with Crippen molar-refractivity contribution in [2.24, 2.45) is 0 Å². The van der Waals surface area contributed by atoms with Crippen LogP contribution >= 0.6 is 11.6 Å². The molecule has 1 aromatic heterocycles. The van der Waals surface area contributed by atoms with Gasteiger partial charge in [-0.1, -0.05) is 96.8 Å². The van der Waals surface area contributed by atoms with Crippen LogP contribution < -0.4 is 10.2 Å². The zero-order valence-electron chi connectivity index (χ0n) is 21.9. The minimum absolute atomic E-state index is 0.0319. The summed E-state index contributed by atoms with van der Waals surface area (Å²) in [4.78, 5) is 10.5. The molecule has 1 atom stereocenters. The van der Waals surface area contributed by atoms with Gasteiger partial charge >= 0.3 is 0 Å². The molecule has 34 heavy (non-hydrogen) atoms. The van der Waals surface area contributed by atoms with E-state index in [0.29, 0.717) is 11.5 Å². The van der Waals surface area contributed by atoms with E-state index in [1.54, 1.807) is 13.8 Å². The highest BCUT2D eigenvalue weighted by atomic mass is 35.5. The molecular weight excluding hydrogens is 468 g/mol. The Labute approximate surface area is 213 Å². The molecule has 1 aliphatic rings. The zero-order chi connectivity index (χ0) is 25.0. The lowest BCUT2D eigenvalue weighted by atomic mass is 10.0. The van der Waals surface area contributed by atoms with Gasteiger partial charge in [0.25, 0.3) is 0 Å². The van der Waals surface area contributed by atoms with Gasteiger partial charge in [-0.15, -0.1) is 0 Å². The van der Waals surface area contributed by atoms with Crippen LogP contribution in [0.5, 0.6) is 0 Å². The van der Waals surface area contributed by atoms with E-state index >= 15 is 0 Å². The van der Waals surface area contributed by atoms with Crippen LogP contribution in [0.25, 0.3) is 0 Å². The summed E-state index contributed by atoms with van der Waals surface area (Å²) < 4.78 is 25.8. The smallest absolute Gasteiger partial charge is 0.225 e. The molecular formula is C26H47ClN4O2S. The van der Waals surface area contributed by atoms with Gasteiger partial charge in [-0.25, -0.2) is 13.4 Å². The van der Waals surface area contributed by atoms with Crippen LogP contribution in [0.1, 0.15) is 124 Å². The zero-order valence-corrected chi connectivity index (χ0v) is 23.5. The Balaban J connectivity index is 1.66. The van der Waals surface area contributed by atoms with Crippen LogP contribution in [0.3, 0.4) is 0 Å². The number of hydrogen-bond donors (Lipinski definition) is 1. The number of sulfone groups is 1. The van der Waals surface area contributed by atoms with E-state index in [1.165, 1.54) is 83.5 Å². The van der Waals surface area contributed by atoms with Crippen molar-refractivity contribution in [3.8, 4) is 0 Å². The van der Waals surface area contributed by atoms with E-state index in [0.717, 1.165) is 19.4 Å². The largest absolute Gasteiger partial charge is 0.348 e. The van der Waals surface area contributed by atoms with E-state index < -0.39 is 15.1 Å². The molecule has 0 spiro atoms. The Morgan fingerprint density at radius 1 is 0.853 bits per heavy atom. The average Bonchev–Trinajstić information content (AvgIpc) is 3.10. The highest BCUT2D eigenvalue weighted by Gasteiger charge is 2.36. The quantitative estimate of drug-likeness (QED) is 0.122. The second-order valence-electron chi connectivity index (χ2n) is 10.1. The van der Waals surface area contributed by atoms with Gasteiger partial charge in [0, 0.05) is 6.54 Å². The fraction of sp³-hybridized carbons (Fsp3) is 0.846. The number of halogens is 1. The molecule has 8 heteroatoms.